The molecule has 0 fully saturated rings. The number of nitrogens with two attached hydrogens (primary N) is 1. The fourth-order valence-electron chi connectivity index (χ4n) is 7.21. The molecular formula is C53H50N16O16S2. The number of aliphatic hydroxyl groups is 2. The van der Waals surface area contributed by atoms with Crippen molar-refractivity contribution in [3.8, 4) is 22.0 Å². The van der Waals surface area contributed by atoms with Gasteiger partial charge in [0.25, 0.3) is 53.2 Å². The van der Waals surface area contributed by atoms with E-state index in [1.165, 1.54) is 57.7 Å². The number of aliphatic hydroxyl groups excluding tert-OH is 2. The van der Waals surface area contributed by atoms with Gasteiger partial charge in [-0.3, -0.25) is 47.9 Å². The van der Waals surface area contributed by atoms with Gasteiger partial charge in [-0.25, -0.2) is 29.9 Å². The van der Waals surface area contributed by atoms with Crippen LogP contribution in [-0.4, -0.2) is 125 Å². The number of hydrogen-bond donors (Lipinski definition) is 12. The third-order valence-corrected chi connectivity index (χ3v) is 13.6. The summed E-state index contributed by atoms with van der Waals surface area (Å²) in [5.74, 6) is -11.0. The summed E-state index contributed by atoms with van der Waals surface area (Å²) in [5, 5.41) is 43.3. The number of rotatable bonds is 10. The molecule has 6 aromatic rings. The first-order valence-corrected chi connectivity index (χ1v) is 26.5. The molecule has 34 heteroatoms. The number of hydrogen-bond acceptors (Lipinski definition) is 24. The lowest BCUT2D eigenvalue weighted by Crippen LogP contribution is -2.52. The Labute approximate surface area is 498 Å². The van der Waals surface area contributed by atoms with Crippen LogP contribution in [0.3, 0.4) is 0 Å². The monoisotopic (exact) mass is 1230 g/mol. The van der Waals surface area contributed by atoms with Crippen molar-refractivity contribution in [1.29, 1.82) is 0 Å². The molecule has 0 saturated heterocycles. The standard InChI is InChI=1S/C53H50N16O16S2/c1-11-28-49-67-35(25(8)84-49)46(80)59-22(5)41(75)60-23(6)48-64-31(17-83-48)37-27(12-13-29(61-37)42(76)58-21(4)40(74)57-20(3)39(73)56-19(2)38(54)72)52-65-32(18-86-52)43(77)66-34(24(7)71)45(79)63-30(14-15-70)50-68-36(26(9)85-50)47(81)69-51(82-10)53-55-16-33(87-53)44(78)62-28/h11-14,16-18,24,34,51,70-71H,2-6,15H2,1,7-10H3,(H2,54,72)(H,56,73)(H,57,74)(H,58,76)(H,59,80)(H,60,75)(H,62,78)(H,63,79)(H,66,77)(H,69,81)/b28-11-,30-14-. The van der Waals surface area contributed by atoms with E-state index in [4.69, 9.17) is 23.7 Å². The van der Waals surface area contributed by atoms with Gasteiger partial charge in [0.15, 0.2) is 17.6 Å². The first-order valence-electron chi connectivity index (χ1n) is 24.8. The molecule has 0 aliphatic carbocycles. The number of amides is 10. The highest BCUT2D eigenvalue weighted by molar-refractivity contribution is 7.14. The zero-order valence-corrected chi connectivity index (χ0v) is 47.8. The molecule has 10 bridgehead atoms. The first-order chi connectivity index (χ1) is 41.2. The van der Waals surface area contributed by atoms with E-state index in [9.17, 15) is 58.2 Å². The molecular weight excluding hydrogens is 1180 g/mol. The minimum Gasteiger partial charge on any atom is -0.443 e. The molecule has 3 unspecified atom stereocenters. The number of thiazole rings is 2. The fraction of sp³-hybridized carbons (Fsp3) is 0.170. The molecule has 13 N–H and O–H groups in total. The van der Waals surface area contributed by atoms with Crippen LogP contribution in [0.15, 0.2) is 111 Å². The van der Waals surface area contributed by atoms with E-state index in [1.54, 1.807) is 6.92 Å². The number of pyridine rings is 1. The number of carbonyl (C=O) groups excluding carboxylic acids is 10. The molecule has 32 nitrogen and oxygen atoms in total. The Morgan fingerprint density at radius 1 is 0.759 bits per heavy atom. The Morgan fingerprint density at radius 2 is 1.39 bits per heavy atom. The summed E-state index contributed by atoms with van der Waals surface area (Å²) in [6.45, 7) is 22.4. The lowest BCUT2D eigenvalue weighted by molar-refractivity contribution is -0.124. The molecule has 450 valence electrons. The second-order valence-corrected chi connectivity index (χ2v) is 19.8. The Morgan fingerprint density at radius 3 is 2.02 bits per heavy atom. The highest BCUT2D eigenvalue weighted by Crippen LogP contribution is 2.34. The smallest absolute Gasteiger partial charge is 0.278 e. The Kier molecular flexibility index (Phi) is 19.7. The van der Waals surface area contributed by atoms with Crippen LogP contribution in [0, 0.1) is 13.8 Å². The van der Waals surface area contributed by atoms with Crippen LogP contribution >= 0.6 is 22.7 Å². The number of oxazole rings is 3. The molecule has 7 heterocycles. The molecule has 0 aromatic carbocycles. The van der Waals surface area contributed by atoms with Crippen LogP contribution in [0.4, 0.5) is 0 Å². The Hall–Kier alpha value is -11.2. The number of nitrogens with one attached hydrogen (secondary N) is 9. The van der Waals surface area contributed by atoms with Crippen LogP contribution < -0.4 is 53.6 Å². The van der Waals surface area contributed by atoms with Crippen LogP contribution in [-0.2, 0) is 28.7 Å². The molecule has 10 amide bonds. The number of aromatic nitrogens is 6. The third-order valence-electron chi connectivity index (χ3n) is 11.6. The van der Waals surface area contributed by atoms with Crippen LogP contribution in [0.1, 0.15) is 106 Å². The largest absolute Gasteiger partial charge is 0.443 e. The summed E-state index contributed by atoms with van der Waals surface area (Å²) in [7, 11) is 1.25. The van der Waals surface area contributed by atoms with Gasteiger partial charge in [-0.1, -0.05) is 39.0 Å². The summed E-state index contributed by atoms with van der Waals surface area (Å²) in [5.41, 5.74) is 0.681. The number of primary amides is 1. The second kappa shape index (κ2) is 27.0. The number of ether oxygens (including phenoxy) is 1. The molecule has 87 heavy (non-hydrogen) atoms. The van der Waals surface area contributed by atoms with Gasteiger partial charge in [0.2, 0.25) is 23.6 Å². The van der Waals surface area contributed by atoms with Gasteiger partial charge in [-0.2, -0.15) is 0 Å². The van der Waals surface area contributed by atoms with Gasteiger partial charge in [0.05, 0.1) is 47.4 Å². The number of nitrogens with zero attached hydrogens (tertiary/aromatic N) is 6. The SMILES string of the molecule is C=C(NC(=O)C(=C)NC(=O)C(=C)NC(=O)c1ccc2c(n1)-c1coc(n1)C(=C)NC(=O)C(=C)NC(=O)c1nc(oc1C)/C(=C/C)NC(=O)c1cnc(s1)C(OC)NC(=O)c1nc(oc1C)/C(=C/CO)NC(=O)C(C(C)O)NC(=O)c1csc-2n1)C(N)=O. The van der Waals surface area contributed by atoms with Crippen molar-refractivity contribution in [2.24, 2.45) is 5.73 Å². The zero-order valence-electron chi connectivity index (χ0n) is 46.2. The number of aryl methyl sites for hydroxylation is 2. The van der Waals surface area contributed by atoms with Gasteiger partial charge >= 0.3 is 0 Å². The van der Waals surface area contributed by atoms with Crippen molar-refractivity contribution in [1.82, 2.24) is 77.8 Å². The van der Waals surface area contributed by atoms with E-state index in [0.29, 0.717) is 0 Å². The van der Waals surface area contributed by atoms with Crippen molar-refractivity contribution in [3.63, 3.8) is 0 Å². The fourth-order valence-corrected chi connectivity index (χ4v) is 8.88. The van der Waals surface area contributed by atoms with Gasteiger partial charge in [-0.05, 0) is 45.9 Å². The Bertz CT molecular complexity index is 3990. The molecule has 3 atom stereocenters. The average molecular weight is 1230 g/mol. The number of carbonyl (C=O) groups is 10. The summed E-state index contributed by atoms with van der Waals surface area (Å²) in [4.78, 5) is 158. The molecule has 6 aromatic heterocycles. The predicted octanol–water partition coefficient (Wildman–Crippen LogP) is 0.737. The van der Waals surface area contributed by atoms with E-state index in [0.717, 1.165) is 35.0 Å². The maximum Gasteiger partial charge on any atom is 0.278 e. The normalized spacial score (nSPS) is 16.7. The number of allylic oxidation sites excluding steroid dienone is 1. The van der Waals surface area contributed by atoms with Gasteiger partial charge in [0, 0.05) is 18.1 Å². The predicted molar refractivity (Wildman–Crippen MR) is 304 cm³/mol. The minimum atomic E-state index is -1.73. The molecule has 1 aliphatic rings. The van der Waals surface area contributed by atoms with Crippen molar-refractivity contribution in [3.05, 3.63) is 160 Å². The maximum atomic E-state index is 13.9. The van der Waals surface area contributed by atoms with E-state index in [2.05, 4.69) is 105 Å². The highest BCUT2D eigenvalue weighted by atomic mass is 32.1. The zero-order chi connectivity index (χ0) is 63.7. The van der Waals surface area contributed by atoms with Crippen LogP contribution in [0.5, 0.6) is 0 Å². The van der Waals surface area contributed by atoms with Crippen molar-refractivity contribution in [2.75, 3.05) is 13.7 Å². The maximum absolute atomic E-state index is 13.9. The topological polar surface area (TPSA) is 471 Å². The van der Waals surface area contributed by atoms with E-state index in [1.807, 2.05) is 5.32 Å². The first kappa shape index (κ1) is 63.4. The van der Waals surface area contributed by atoms with Crippen molar-refractivity contribution in [2.45, 2.75) is 46.1 Å². The van der Waals surface area contributed by atoms with E-state index < -0.39 is 113 Å². The van der Waals surface area contributed by atoms with Gasteiger partial charge in [-0.15, -0.1) is 22.7 Å². The molecule has 0 radical (unpaired) electrons. The van der Waals surface area contributed by atoms with Crippen LogP contribution in [0.2, 0.25) is 0 Å². The summed E-state index contributed by atoms with van der Waals surface area (Å²) >= 11 is 1.69. The van der Waals surface area contributed by atoms with Crippen molar-refractivity contribution < 1.29 is 76.1 Å². The minimum absolute atomic E-state index is 0.0115. The summed E-state index contributed by atoms with van der Waals surface area (Å²) in [6, 6.07) is 0.779. The van der Waals surface area contributed by atoms with Crippen molar-refractivity contribution >= 4 is 98.8 Å². The molecule has 0 spiro atoms. The van der Waals surface area contributed by atoms with Crippen LogP contribution in [0.25, 0.3) is 39.1 Å². The molecule has 1 aliphatic heterocycles. The van der Waals surface area contributed by atoms with Gasteiger partial charge < -0.3 is 81.8 Å². The lowest BCUT2D eigenvalue weighted by Gasteiger charge is -2.20. The Balaban J connectivity index is 1.22. The third kappa shape index (κ3) is 14.8. The van der Waals surface area contributed by atoms with E-state index >= 15 is 0 Å². The molecule has 0 saturated carbocycles. The molecule has 7 rings (SSSR count). The summed E-state index contributed by atoms with van der Waals surface area (Å²) < 4.78 is 22.6. The number of methoxy groups -OCH3 is 1. The lowest BCUT2D eigenvalue weighted by atomic mass is 10.1. The van der Waals surface area contributed by atoms with Gasteiger partial charge in [0.1, 0.15) is 72.9 Å². The average Bonchev–Trinajstić information content (AvgIpc) is 2.86. The highest BCUT2D eigenvalue weighted by Gasteiger charge is 2.32. The van der Waals surface area contributed by atoms with E-state index in [-0.39, 0.29) is 95.2 Å². The summed E-state index contributed by atoms with van der Waals surface area (Å²) in [6.07, 6.45) is 1.89. The quantitative estimate of drug-likeness (QED) is 0.0841. The number of fused-ring (bicyclic) bond motifs is 13. The second-order valence-electron chi connectivity index (χ2n) is 17.8.